The summed E-state index contributed by atoms with van der Waals surface area (Å²) in [7, 11) is 0. The summed E-state index contributed by atoms with van der Waals surface area (Å²) in [5.41, 5.74) is 3.52. The van der Waals surface area contributed by atoms with E-state index in [1.165, 1.54) is 18.3 Å². The predicted molar refractivity (Wildman–Crippen MR) is 111 cm³/mol. The Kier molecular flexibility index (Phi) is 6.95. The molecule has 0 saturated carbocycles. The number of rotatable bonds is 8. The molecule has 0 radical (unpaired) electrons. The molecule has 0 aliphatic rings. The van der Waals surface area contributed by atoms with E-state index in [9.17, 15) is 9.18 Å². The molecule has 0 heterocycles. The molecule has 148 valence electrons. The van der Waals surface area contributed by atoms with Gasteiger partial charge >= 0.3 is 0 Å². The molecule has 0 aromatic heterocycles. The first kappa shape index (κ1) is 20.1. The lowest BCUT2D eigenvalue weighted by Gasteiger charge is -2.06. The van der Waals surface area contributed by atoms with Gasteiger partial charge in [-0.25, -0.2) is 4.39 Å². The number of aryl methyl sites for hydroxylation is 1. The Morgan fingerprint density at radius 1 is 1.00 bits per heavy atom. The number of oxime groups is 1. The lowest BCUT2D eigenvalue weighted by Crippen LogP contribution is -2.16. The van der Waals surface area contributed by atoms with Crippen LogP contribution in [-0.4, -0.2) is 18.7 Å². The quantitative estimate of drug-likeness (QED) is 0.446. The summed E-state index contributed by atoms with van der Waals surface area (Å²) < 4.78 is 18.5. The molecule has 6 heteroatoms. The van der Waals surface area contributed by atoms with E-state index < -0.39 is 0 Å². The highest BCUT2D eigenvalue weighted by atomic mass is 19.1. The lowest BCUT2D eigenvalue weighted by atomic mass is 10.2. The minimum Gasteiger partial charge on any atom is -0.489 e. The molecule has 1 N–H and O–H groups in total. The molecule has 5 nitrogen and oxygen atoms in total. The number of hydrogen-bond acceptors (Lipinski definition) is 4. The SMILES string of the molecule is Cc1ccc(NC(=O)CON=Cc2ccc(OCc3ccc(F)cc3)cc2)cc1. The zero-order chi connectivity index (χ0) is 20.5. The summed E-state index contributed by atoms with van der Waals surface area (Å²) in [6.07, 6.45) is 1.52. The number of ether oxygens (including phenoxy) is 1. The normalized spacial score (nSPS) is 10.7. The van der Waals surface area contributed by atoms with Crippen LogP contribution in [0.2, 0.25) is 0 Å². The van der Waals surface area contributed by atoms with Crippen LogP contribution in [-0.2, 0) is 16.2 Å². The van der Waals surface area contributed by atoms with E-state index in [2.05, 4.69) is 10.5 Å². The Hall–Kier alpha value is -3.67. The maximum absolute atomic E-state index is 12.9. The number of anilines is 1. The van der Waals surface area contributed by atoms with E-state index in [-0.39, 0.29) is 18.3 Å². The molecule has 0 atom stereocenters. The molecule has 3 aromatic carbocycles. The third-order valence-electron chi connectivity index (χ3n) is 4.01. The second-order valence-corrected chi connectivity index (χ2v) is 6.41. The van der Waals surface area contributed by atoms with Gasteiger partial charge in [-0.2, -0.15) is 0 Å². The van der Waals surface area contributed by atoms with E-state index >= 15 is 0 Å². The maximum atomic E-state index is 12.9. The Morgan fingerprint density at radius 3 is 2.38 bits per heavy atom. The summed E-state index contributed by atoms with van der Waals surface area (Å²) in [6, 6.07) is 20.9. The Bertz CT molecular complexity index is 953. The Balaban J connectivity index is 1.40. The molecule has 0 saturated heterocycles. The third-order valence-corrected chi connectivity index (χ3v) is 4.01. The van der Waals surface area contributed by atoms with Crippen molar-refractivity contribution in [1.29, 1.82) is 0 Å². The molecular formula is C23H21FN2O3. The number of carbonyl (C=O) groups excluding carboxylic acids is 1. The van der Waals surface area contributed by atoms with E-state index in [1.54, 1.807) is 24.3 Å². The van der Waals surface area contributed by atoms with Crippen molar-refractivity contribution in [1.82, 2.24) is 0 Å². The standard InChI is InChI=1S/C23H21FN2O3/c1-17-2-10-21(11-3-17)26-23(27)16-29-25-14-18-6-12-22(13-7-18)28-15-19-4-8-20(24)9-5-19/h2-14H,15-16H2,1H3,(H,26,27). The predicted octanol–water partition coefficient (Wildman–Crippen LogP) is 4.70. The van der Waals surface area contributed by atoms with Gasteiger partial charge in [-0.05, 0) is 66.6 Å². The molecule has 0 aliphatic carbocycles. The van der Waals surface area contributed by atoms with Crippen LogP contribution in [0.4, 0.5) is 10.1 Å². The van der Waals surface area contributed by atoms with Gasteiger partial charge in [0.1, 0.15) is 18.2 Å². The highest BCUT2D eigenvalue weighted by Gasteiger charge is 2.02. The number of carbonyl (C=O) groups is 1. The van der Waals surface area contributed by atoms with Crippen LogP contribution in [0.3, 0.4) is 0 Å². The molecular weight excluding hydrogens is 371 g/mol. The molecule has 3 aromatic rings. The molecule has 0 fully saturated rings. The second kappa shape index (κ2) is 10.0. The summed E-state index contributed by atoms with van der Waals surface area (Å²) in [4.78, 5) is 16.8. The first-order chi connectivity index (χ1) is 14.1. The summed E-state index contributed by atoms with van der Waals surface area (Å²) in [6.45, 7) is 2.16. The number of hydrogen-bond donors (Lipinski definition) is 1. The topological polar surface area (TPSA) is 59.9 Å². The number of nitrogens with one attached hydrogen (secondary N) is 1. The fourth-order valence-electron chi connectivity index (χ4n) is 2.43. The molecule has 29 heavy (non-hydrogen) atoms. The van der Waals surface area contributed by atoms with Gasteiger partial charge in [0, 0.05) is 5.69 Å². The molecule has 0 aliphatic heterocycles. The van der Waals surface area contributed by atoms with Gasteiger partial charge in [0.05, 0.1) is 6.21 Å². The van der Waals surface area contributed by atoms with Crippen LogP contribution in [0.5, 0.6) is 5.75 Å². The van der Waals surface area contributed by atoms with Crippen molar-refractivity contribution < 1.29 is 18.8 Å². The number of benzene rings is 3. The number of amides is 1. The second-order valence-electron chi connectivity index (χ2n) is 6.41. The highest BCUT2D eigenvalue weighted by Crippen LogP contribution is 2.14. The summed E-state index contributed by atoms with van der Waals surface area (Å²) >= 11 is 0. The maximum Gasteiger partial charge on any atom is 0.265 e. The zero-order valence-corrected chi connectivity index (χ0v) is 16.0. The van der Waals surface area contributed by atoms with Gasteiger partial charge in [-0.15, -0.1) is 0 Å². The molecule has 0 spiro atoms. The van der Waals surface area contributed by atoms with E-state index in [4.69, 9.17) is 9.57 Å². The Labute approximate surface area is 168 Å². The summed E-state index contributed by atoms with van der Waals surface area (Å²) in [5, 5.41) is 6.54. The van der Waals surface area contributed by atoms with E-state index in [0.29, 0.717) is 18.0 Å². The van der Waals surface area contributed by atoms with Crippen LogP contribution in [0.25, 0.3) is 0 Å². The molecule has 0 bridgehead atoms. The summed E-state index contributed by atoms with van der Waals surface area (Å²) in [5.74, 6) is 0.132. The van der Waals surface area contributed by atoms with E-state index in [1.807, 2.05) is 43.3 Å². The van der Waals surface area contributed by atoms with Gasteiger partial charge in [0.15, 0.2) is 6.61 Å². The number of halogens is 1. The molecule has 3 rings (SSSR count). The van der Waals surface area contributed by atoms with Crippen molar-refractivity contribution in [2.45, 2.75) is 13.5 Å². The lowest BCUT2D eigenvalue weighted by molar-refractivity contribution is -0.120. The number of nitrogens with zero attached hydrogens (tertiary/aromatic N) is 1. The van der Waals surface area contributed by atoms with Gasteiger partial charge in [0.25, 0.3) is 5.91 Å². The van der Waals surface area contributed by atoms with Gasteiger partial charge < -0.3 is 14.9 Å². The average molecular weight is 392 g/mol. The average Bonchev–Trinajstić information content (AvgIpc) is 2.73. The van der Waals surface area contributed by atoms with Crippen LogP contribution in [0.15, 0.2) is 78.0 Å². The van der Waals surface area contributed by atoms with Crippen molar-refractivity contribution in [3.63, 3.8) is 0 Å². The zero-order valence-electron chi connectivity index (χ0n) is 16.0. The Morgan fingerprint density at radius 2 is 1.69 bits per heavy atom. The molecule has 0 unspecified atom stereocenters. The highest BCUT2D eigenvalue weighted by molar-refractivity contribution is 5.91. The smallest absolute Gasteiger partial charge is 0.265 e. The first-order valence-electron chi connectivity index (χ1n) is 9.08. The van der Waals surface area contributed by atoms with Crippen molar-refractivity contribution >= 4 is 17.8 Å². The van der Waals surface area contributed by atoms with E-state index in [0.717, 1.165) is 16.7 Å². The van der Waals surface area contributed by atoms with Crippen LogP contribution < -0.4 is 10.1 Å². The fourth-order valence-corrected chi connectivity index (χ4v) is 2.43. The minimum atomic E-state index is -0.282. The molecule has 1 amide bonds. The van der Waals surface area contributed by atoms with Crippen LogP contribution >= 0.6 is 0 Å². The third kappa shape index (κ3) is 6.77. The van der Waals surface area contributed by atoms with Crippen molar-refractivity contribution in [2.75, 3.05) is 11.9 Å². The first-order valence-corrected chi connectivity index (χ1v) is 9.08. The van der Waals surface area contributed by atoms with Crippen LogP contribution in [0.1, 0.15) is 16.7 Å². The monoisotopic (exact) mass is 392 g/mol. The van der Waals surface area contributed by atoms with Gasteiger partial charge in [0.2, 0.25) is 0 Å². The van der Waals surface area contributed by atoms with Gasteiger partial charge in [-0.3, -0.25) is 4.79 Å². The largest absolute Gasteiger partial charge is 0.489 e. The van der Waals surface area contributed by atoms with Crippen molar-refractivity contribution in [3.05, 3.63) is 95.3 Å². The van der Waals surface area contributed by atoms with Gasteiger partial charge in [-0.1, -0.05) is 35.0 Å². The van der Waals surface area contributed by atoms with Crippen molar-refractivity contribution in [2.24, 2.45) is 5.16 Å². The van der Waals surface area contributed by atoms with Crippen LogP contribution in [0, 0.1) is 12.7 Å². The minimum absolute atomic E-state index is 0.177. The van der Waals surface area contributed by atoms with Crippen molar-refractivity contribution in [3.8, 4) is 5.75 Å². The fraction of sp³-hybridized carbons (Fsp3) is 0.130.